The second-order valence-corrected chi connectivity index (χ2v) is 7.94. The van der Waals surface area contributed by atoms with Crippen LogP contribution in [0.4, 0.5) is 0 Å². The van der Waals surface area contributed by atoms with Crippen LogP contribution in [-0.4, -0.2) is 50.8 Å². The highest BCUT2D eigenvalue weighted by molar-refractivity contribution is 5.88. The van der Waals surface area contributed by atoms with Crippen molar-refractivity contribution in [2.75, 3.05) is 19.7 Å². The Morgan fingerprint density at radius 1 is 1.30 bits per heavy atom. The predicted octanol–water partition coefficient (Wildman–Crippen LogP) is 3.68. The molecule has 2 fully saturated rings. The molecule has 2 aliphatic heterocycles. The van der Waals surface area contributed by atoms with E-state index in [1.54, 1.807) is 12.1 Å². The Morgan fingerprint density at radius 3 is 2.93 bits per heavy atom. The summed E-state index contributed by atoms with van der Waals surface area (Å²) in [7, 11) is 0. The molecule has 7 nitrogen and oxygen atoms in total. The Balaban J connectivity index is 1.61. The maximum atomic E-state index is 12.1. The van der Waals surface area contributed by atoms with Gasteiger partial charge in [-0.25, -0.2) is 0 Å². The molecule has 2 aliphatic rings. The van der Waals surface area contributed by atoms with E-state index in [-0.39, 0.29) is 23.7 Å². The van der Waals surface area contributed by atoms with E-state index < -0.39 is 0 Å². The standard InChI is InChI=1S/C23H24N4O3/c1-2-20(29)27-10-9-14(13-27)22-21(19-8-5-11-30-19)16-12-17(25-26-23(16)24-22)15-6-3-4-7-18(15)28/h2-4,6-7,12,14,19,28H,1,5,8-11,13H2,(H,24,26)/t14-,19?/m1/s1. The molecule has 0 bridgehead atoms. The van der Waals surface area contributed by atoms with Crippen LogP contribution in [0.1, 0.15) is 42.5 Å². The molecule has 2 atom stereocenters. The second-order valence-electron chi connectivity index (χ2n) is 7.94. The van der Waals surface area contributed by atoms with Gasteiger partial charge in [0.1, 0.15) is 5.75 Å². The third kappa shape index (κ3) is 3.15. The number of amides is 1. The topological polar surface area (TPSA) is 91.3 Å². The molecule has 0 aliphatic carbocycles. The number of nitrogens with zero attached hydrogens (tertiary/aromatic N) is 3. The van der Waals surface area contributed by atoms with E-state index in [4.69, 9.17) is 4.74 Å². The van der Waals surface area contributed by atoms with Crippen molar-refractivity contribution in [1.82, 2.24) is 20.1 Å². The zero-order valence-corrected chi connectivity index (χ0v) is 16.7. The quantitative estimate of drug-likeness (QED) is 0.647. The van der Waals surface area contributed by atoms with Gasteiger partial charge >= 0.3 is 0 Å². The summed E-state index contributed by atoms with van der Waals surface area (Å²) in [6.45, 7) is 5.71. The molecule has 0 saturated carbocycles. The summed E-state index contributed by atoms with van der Waals surface area (Å²) in [5.41, 5.74) is 4.19. The Hall–Kier alpha value is -3.19. The molecule has 4 heterocycles. The largest absolute Gasteiger partial charge is 0.507 e. The summed E-state index contributed by atoms with van der Waals surface area (Å²) >= 11 is 0. The fourth-order valence-electron chi connectivity index (χ4n) is 4.65. The van der Waals surface area contributed by atoms with Crippen molar-refractivity contribution < 1.29 is 14.6 Å². The molecular weight excluding hydrogens is 380 g/mol. The van der Waals surface area contributed by atoms with Gasteiger partial charge in [0, 0.05) is 47.8 Å². The lowest BCUT2D eigenvalue weighted by Gasteiger charge is -2.17. The molecule has 5 rings (SSSR count). The van der Waals surface area contributed by atoms with Crippen LogP contribution in [0.25, 0.3) is 22.3 Å². The molecule has 0 spiro atoms. The number of hydrogen-bond acceptors (Lipinski definition) is 5. The molecule has 154 valence electrons. The van der Waals surface area contributed by atoms with Crippen LogP contribution < -0.4 is 0 Å². The molecule has 30 heavy (non-hydrogen) atoms. The lowest BCUT2D eigenvalue weighted by atomic mass is 9.95. The van der Waals surface area contributed by atoms with Crippen molar-refractivity contribution in [3.8, 4) is 17.0 Å². The van der Waals surface area contributed by atoms with Gasteiger partial charge in [-0.3, -0.25) is 4.79 Å². The number of aromatic amines is 1. The number of likely N-dealkylation sites (tertiary alicyclic amines) is 1. The summed E-state index contributed by atoms with van der Waals surface area (Å²) in [6, 6.07) is 9.12. The number of hydrogen-bond donors (Lipinski definition) is 2. The number of phenolic OH excluding ortho intramolecular Hbond substituents is 1. The Morgan fingerprint density at radius 2 is 2.17 bits per heavy atom. The highest BCUT2D eigenvalue weighted by atomic mass is 16.5. The van der Waals surface area contributed by atoms with E-state index in [0.29, 0.717) is 30.0 Å². The average molecular weight is 404 g/mol. The number of carbonyl (C=O) groups is 1. The van der Waals surface area contributed by atoms with Gasteiger partial charge in [-0.05, 0) is 43.5 Å². The minimum atomic E-state index is -0.0334. The van der Waals surface area contributed by atoms with Gasteiger partial charge in [-0.1, -0.05) is 18.7 Å². The fraction of sp³-hybridized carbons (Fsp3) is 0.348. The monoisotopic (exact) mass is 404 g/mol. The molecular formula is C23H24N4O3. The lowest BCUT2D eigenvalue weighted by Crippen LogP contribution is -2.26. The zero-order valence-electron chi connectivity index (χ0n) is 16.7. The first-order valence-corrected chi connectivity index (χ1v) is 10.4. The van der Waals surface area contributed by atoms with E-state index in [2.05, 4.69) is 21.8 Å². The molecule has 0 radical (unpaired) electrons. The first kappa shape index (κ1) is 18.8. The van der Waals surface area contributed by atoms with Gasteiger partial charge in [0.05, 0.1) is 11.8 Å². The van der Waals surface area contributed by atoms with Crippen molar-refractivity contribution in [3.63, 3.8) is 0 Å². The molecule has 1 aromatic carbocycles. The van der Waals surface area contributed by atoms with Crippen molar-refractivity contribution in [1.29, 1.82) is 0 Å². The Labute approximate surface area is 174 Å². The summed E-state index contributed by atoms with van der Waals surface area (Å²) in [6.07, 6.45) is 4.23. The predicted molar refractivity (Wildman–Crippen MR) is 113 cm³/mol. The van der Waals surface area contributed by atoms with Crippen molar-refractivity contribution in [2.24, 2.45) is 0 Å². The molecule has 7 heteroatoms. The third-order valence-electron chi connectivity index (χ3n) is 6.14. The fourth-order valence-corrected chi connectivity index (χ4v) is 4.65. The van der Waals surface area contributed by atoms with Gasteiger partial charge in [-0.2, -0.15) is 0 Å². The van der Waals surface area contributed by atoms with E-state index in [1.165, 1.54) is 6.08 Å². The number of rotatable bonds is 4. The van der Waals surface area contributed by atoms with Gasteiger partial charge in [0.2, 0.25) is 5.91 Å². The number of aromatic hydroxyl groups is 1. The number of aromatic nitrogens is 3. The van der Waals surface area contributed by atoms with E-state index >= 15 is 0 Å². The minimum absolute atomic E-state index is 0.000624. The maximum absolute atomic E-state index is 12.1. The van der Waals surface area contributed by atoms with Gasteiger partial charge in [0.25, 0.3) is 0 Å². The second kappa shape index (κ2) is 7.57. The number of ether oxygens (including phenoxy) is 1. The average Bonchev–Trinajstić information content (AvgIpc) is 3.51. The van der Waals surface area contributed by atoms with Crippen molar-refractivity contribution in [2.45, 2.75) is 31.3 Å². The van der Waals surface area contributed by atoms with Crippen molar-refractivity contribution in [3.05, 3.63) is 54.2 Å². The Kier molecular flexibility index (Phi) is 4.75. The molecule has 3 aromatic rings. The number of benzene rings is 1. The van der Waals surface area contributed by atoms with Gasteiger partial charge < -0.3 is 19.7 Å². The van der Waals surface area contributed by atoms with Crippen LogP contribution in [0.5, 0.6) is 5.75 Å². The highest BCUT2D eigenvalue weighted by Gasteiger charge is 2.33. The number of H-pyrrole nitrogens is 1. The van der Waals surface area contributed by atoms with Crippen LogP contribution in [0.2, 0.25) is 0 Å². The lowest BCUT2D eigenvalue weighted by molar-refractivity contribution is -0.125. The molecule has 2 aromatic heterocycles. The SMILES string of the molecule is C=CC(=O)N1CC[C@@H](c2[nH]c3nnc(-c4ccccc4O)cc3c2C2CCCO2)C1. The van der Waals surface area contributed by atoms with E-state index in [9.17, 15) is 9.90 Å². The summed E-state index contributed by atoms with van der Waals surface area (Å²) < 4.78 is 6.06. The molecule has 1 amide bonds. The van der Waals surface area contributed by atoms with E-state index in [1.807, 2.05) is 23.1 Å². The molecule has 2 saturated heterocycles. The maximum Gasteiger partial charge on any atom is 0.245 e. The first-order chi connectivity index (χ1) is 14.7. The number of nitrogens with one attached hydrogen (secondary N) is 1. The van der Waals surface area contributed by atoms with E-state index in [0.717, 1.165) is 42.5 Å². The number of para-hydroxylation sites is 1. The van der Waals surface area contributed by atoms with Crippen molar-refractivity contribution >= 4 is 16.9 Å². The molecule has 1 unspecified atom stereocenters. The van der Waals surface area contributed by atoms with Crippen LogP contribution >= 0.6 is 0 Å². The summed E-state index contributed by atoms with van der Waals surface area (Å²) in [5, 5.41) is 20.0. The Bertz CT molecular complexity index is 1120. The van der Waals surface area contributed by atoms with Crippen LogP contribution in [0, 0.1) is 0 Å². The van der Waals surface area contributed by atoms with Gasteiger partial charge in [-0.15, -0.1) is 10.2 Å². The van der Waals surface area contributed by atoms with Crippen LogP contribution in [0.3, 0.4) is 0 Å². The number of phenols is 1. The normalized spacial score (nSPS) is 21.4. The number of fused-ring (bicyclic) bond motifs is 1. The minimum Gasteiger partial charge on any atom is -0.507 e. The summed E-state index contributed by atoms with van der Waals surface area (Å²) in [4.78, 5) is 17.4. The molecule has 2 N–H and O–H groups in total. The first-order valence-electron chi connectivity index (χ1n) is 10.4. The number of carbonyl (C=O) groups excluding carboxylic acids is 1. The van der Waals surface area contributed by atoms with Gasteiger partial charge in [0.15, 0.2) is 5.65 Å². The smallest absolute Gasteiger partial charge is 0.245 e. The third-order valence-corrected chi connectivity index (χ3v) is 6.14. The summed E-state index contributed by atoms with van der Waals surface area (Å²) in [5.74, 6) is 0.333. The highest BCUT2D eigenvalue weighted by Crippen LogP contribution is 2.41. The zero-order chi connectivity index (χ0) is 20.7. The van der Waals surface area contributed by atoms with Crippen LogP contribution in [-0.2, 0) is 9.53 Å². The van der Waals surface area contributed by atoms with Crippen LogP contribution in [0.15, 0.2) is 43.0 Å².